The van der Waals surface area contributed by atoms with E-state index in [4.69, 9.17) is 5.11 Å². The third-order valence-corrected chi connectivity index (χ3v) is 1.34. The summed E-state index contributed by atoms with van der Waals surface area (Å²) in [5.74, 6) is 0.937. The fourth-order valence-electron chi connectivity index (χ4n) is 0.533. The first-order chi connectivity index (χ1) is 4.41. The minimum atomic E-state index is 0.286. The maximum atomic E-state index is 8.37. The second-order valence-electron chi connectivity index (χ2n) is 1.90. The van der Waals surface area contributed by atoms with Gasteiger partial charge in [0.1, 0.15) is 0 Å². The summed E-state index contributed by atoms with van der Waals surface area (Å²) < 4.78 is 0. The smallest absolute Gasteiger partial charge is 0.0443 e. The standard InChI is InChI=1S/C6H15NOS/c8-5-1-3-7-4-2-6-9/h7-9H,1-6H2. The molecule has 0 saturated carbocycles. The highest BCUT2D eigenvalue weighted by Gasteiger charge is 1.84. The van der Waals surface area contributed by atoms with E-state index in [1.807, 2.05) is 0 Å². The lowest BCUT2D eigenvalue weighted by Crippen LogP contribution is -2.17. The number of aliphatic hydroxyl groups excluding tert-OH is 1. The van der Waals surface area contributed by atoms with Gasteiger partial charge in [-0.15, -0.1) is 0 Å². The molecule has 0 amide bonds. The quantitative estimate of drug-likeness (QED) is 0.374. The van der Waals surface area contributed by atoms with Crippen molar-refractivity contribution in [1.82, 2.24) is 5.32 Å². The molecule has 0 heterocycles. The largest absolute Gasteiger partial charge is 0.396 e. The Morgan fingerprint density at radius 3 is 2.44 bits per heavy atom. The first kappa shape index (κ1) is 9.27. The first-order valence-corrected chi connectivity index (χ1v) is 3.97. The van der Waals surface area contributed by atoms with Crippen LogP contribution in [-0.2, 0) is 0 Å². The Kier molecular flexibility index (Phi) is 8.52. The van der Waals surface area contributed by atoms with E-state index in [0.29, 0.717) is 0 Å². The zero-order valence-electron chi connectivity index (χ0n) is 5.64. The maximum Gasteiger partial charge on any atom is 0.0443 e. The van der Waals surface area contributed by atoms with E-state index in [9.17, 15) is 0 Å². The molecule has 0 aromatic carbocycles. The highest BCUT2D eigenvalue weighted by molar-refractivity contribution is 7.80. The van der Waals surface area contributed by atoms with Gasteiger partial charge in [0, 0.05) is 6.61 Å². The van der Waals surface area contributed by atoms with E-state index < -0.39 is 0 Å². The molecule has 0 aliphatic carbocycles. The monoisotopic (exact) mass is 149 g/mol. The Labute approximate surface area is 62.1 Å². The molecule has 2 N–H and O–H groups in total. The summed E-state index contributed by atoms with van der Waals surface area (Å²) in [5.41, 5.74) is 0. The van der Waals surface area contributed by atoms with Crippen LogP contribution in [0, 0.1) is 0 Å². The Bertz CT molecular complexity index is 46.3. The van der Waals surface area contributed by atoms with Crippen LogP contribution in [0.1, 0.15) is 12.8 Å². The molecular formula is C6H15NOS. The number of thiol groups is 1. The van der Waals surface area contributed by atoms with E-state index in [1.54, 1.807) is 0 Å². The van der Waals surface area contributed by atoms with E-state index in [-0.39, 0.29) is 6.61 Å². The Morgan fingerprint density at radius 2 is 1.89 bits per heavy atom. The van der Waals surface area contributed by atoms with E-state index in [0.717, 1.165) is 31.7 Å². The average molecular weight is 149 g/mol. The maximum absolute atomic E-state index is 8.37. The van der Waals surface area contributed by atoms with Gasteiger partial charge in [-0.05, 0) is 31.7 Å². The third-order valence-electron chi connectivity index (χ3n) is 1.02. The molecule has 0 unspecified atom stereocenters. The van der Waals surface area contributed by atoms with Gasteiger partial charge in [-0.3, -0.25) is 0 Å². The molecule has 0 bridgehead atoms. The first-order valence-electron chi connectivity index (χ1n) is 3.34. The number of hydrogen-bond donors (Lipinski definition) is 3. The fraction of sp³-hybridized carbons (Fsp3) is 1.00. The highest BCUT2D eigenvalue weighted by atomic mass is 32.1. The molecule has 2 nitrogen and oxygen atoms in total. The normalized spacial score (nSPS) is 10.0. The van der Waals surface area contributed by atoms with Crippen LogP contribution >= 0.6 is 12.6 Å². The average Bonchev–Trinajstić information content (AvgIpc) is 1.89. The van der Waals surface area contributed by atoms with Crippen LogP contribution in [-0.4, -0.2) is 30.6 Å². The molecule has 0 rings (SSSR count). The lowest BCUT2D eigenvalue weighted by molar-refractivity contribution is 0.286. The third kappa shape index (κ3) is 8.27. The van der Waals surface area contributed by atoms with Gasteiger partial charge < -0.3 is 10.4 Å². The molecule has 9 heavy (non-hydrogen) atoms. The van der Waals surface area contributed by atoms with Crippen molar-refractivity contribution in [3.63, 3.8) is 0 Å². The van der Waals surface area contributed by atoms with Crippen LogP contribution in [0.5, 0.6) is 0 Å². The molecule has 0 saturated heterocycles. The van der Waals surface area contributed by atoms with Crippen molar-refractivity contribution >= 4 is 12.6 Å². The van der Waals surface area contributed by atoms with Crippen molar-refractivity contribution in [2.75, 3.05) is 25.4 Å². The van der Waals surface area contributed by atoms with Gasteiger partial charge in [-0.2, -0.15) is 12.6 Å². The van der Waals surface area contributed by atoms with Gasteiger partial charge in [0.25, 0.3) is 0 Å². The summed E-state index contributed by atoms with van der Waals surface area (Å²) >= 11 is 4.06. The van der Waals surface area contributed by atoms with Gasteiger partial charge in [0.15, 0.2) is 0 Å². The second kappa shape index (κ2) is 8.27. The van der Waals surface area contributed by atoms with Gasteiger partial charge in [-0.25, -0.2) is 0 Å². The van der Waals surface area contributed by atoms with Crippen molar-refractivity contribution in [2.24, 2.45) is 0 Å². The summed E-state index contributed by atoms with van der Waals surface area (Å²) in [6.07, 6.45) is 1.96. The van der Waals surface area contributed by atoms with Crippen LogP contribution in [0.25, 0.3) is 0 Å². The fourth-order valence-corrected chi connectivity index (χ4v) is 0.691. The molecule has 0 aliphatic heterocycles. The van der Waals surface area contributed by atoms with Crippen molar-refractivity contribution in [3.8, 4) is 0 Å². The van der Waals surface area contributed by atoms with Crippen LogP contribution < -0.4 is 5.32 Å². The summed E-state index contributed by atoms with van der Waals surface area (Å²) in [4.78, 5) is 0. The van der Waals surface area contributed by atoms with Crippen LogP contribution in [0.4, 0.5) is 0 Å². The summed E-state index contributed by atoms with van der Waals surface area (Å²) in [6, 6.07) is 0. The molecule has 0 aliphatic rings. The SMILES string of the molecule is OCCCNCCCS. The van der Waals surface area contributed by atoms with Crippen molar-refractivity contribution in [2.45, 2.75) is 12.8 Å². The molecule has 0 fully saturated rings. The van der Waals surface area contributed by atoms with Crippen molar-refractivity contribution in [3.05, 3.63) is 0 Å². The molecule has 56 valence electrons. The minimum absolute atomic E-state index is 0.286. The van der Waals surface area contributed by atoms with E-state index in [1.165, 1.54) is 0 Å². The number of aliphatic hydroxyl groups is 1. The molecule has 0 spiro atoms. The molecule has 0 aromatic rings. The summed E-state index contributed by atoms with van der Waals surface area (Å²) in [6.45, 7) is 2.22. The Hall–Kier alpha value is 0.270. The number of nitrogens with one attached hydrogen (secondary N) is 1. The van der Waals surface area contributed by atoms with E-state index in [2.05, 4.69) is 17.9 Å². The Morgan fingerprint density at radius 1 is 1.22 bits per heavy atom. The van der Waals surface area contributed by atoms with Gasteiger partial charge in [-0.1, -0.05) is 0 Å². The molecule has 0 atom stereocenters. The predicted molar refractivity (Wildman–Crippen MR) is 43.0 cm³/mol. The topological polar surface area (TPSA) is 32.3 Å². The van der Waals surface area contributed by atoms with Crippen LogP contribution in [0.2, 0.25) is 0 Å². The van der Waals surface area contributed by atoms with Gasteiger partial charge in [0.2, 0.25) is 0 Å². The Balaban J connectivity index is 2.60. The molecule has 0 aromatic heterocycles. The zero-order valence-corrected chi connectivity index (χ0v) is 6.53. The van der Waals surface area contributed by atoms with Crippen molar-refractivity contribution < 1.29 is 5.11 Å². The van der Waals surface area contributed by atoms with E-state index >= 15 is 0 Å². The minimum Gasteiger partial charge on any atom is -0.396 e. The molecule has 3 heteroatoms. The summed E-state index contributed by atoms with van der Waals surface area (Å²) in [5, 5.41) is 11.5. The van der Waals surface area contributed by atoms with Crippen molar-refractivity contribution in [1.29, 1.82) is 0 Å². The lowest BCUT2D eigenvalue weighted by atomic mass is 10.4. The van der Waals surface area contributed by atoms with Gasteiger partial charge in [0.05, 0.1) is 0 Å². The van der Waals surface area contributed by atoms with Crippen LogP contribution in [0.3, 0.4) is 0 Å². The van der Waals surface area contributed by atoms with Gasteiger partial charge >= 0.3 is 0 Å². The number of hydrogen-bond acceptors (Lipinski definition) is 3. The van der Waals surface area contributed by atoms with Crippen LogP contribution in [0.15, 0.2) is 0 Å². The molecule has 0 radical (unpaired) electrons. The predicted octanol–water partition coefficient (Wildman–Crippen LogP) is 0.278. The lowest BCUT2D eigenvalue weighted by Gasteiger charge is -1.99. The zero-order chi connectivity index (χ0) is 6.95. The highest BCUT2D eigenvalue weighted by Crippen LogP contribution is 1.80. The molecular weight excluding hydrogens is 134 g/mol. The number of rotatable bonds is 6. The second-order valence-corrected chi connectivity index (χ2v) is 2.35. The summed E-state index contributed by atoms with van der Waals surface area (Å²) in [7, 11) is 0.